The van der Waals surface area contributed by atoms with Crippen LogP contribution < -0.4 is 0 Å². The third-order valence-electron chi connectivity index (χ3n) is 0.502. The third kappa shape index (κ3) is 0.498. The lowest BCUT2D eigenvalue weighted by Gasteiger charge is -1.60. The molecular weight excluding hydrogens is 72.1 g/mol. The Morgan fingerprint density at radius 1 is 1.00 bits per heavy atom. The monoisotopic (exact) mass is 75.0 g/mol. The average molecular weight is 75.1 g/mol. The molecule has 0 unspecified atom stereocenters. The number of hydrogen-bond donors (Lipinski definition) is 0. The van der Waals surface area contributed by atoms with E-state index in [0.29, 0.717) is 0 Å². The van der Waals surface area contributed by atoms with Gasteiger partial charge in [-0.1, -0.05) is 12.1 Å². The molecule has 1 radical (unpaired) electrons. The van der Waals surface area contributed by atoms with E-state index in [4.69, 9.17) is 0 Å². The Balaban J connectivity index is 3.00. The van der Waals surface area contributed by atoms with Gasteiger partial charge in [0.15, 0.2) is 0 Å². The fourth-order valence-electron chi connectivity index (χ4n) is 0.269. The second kappa shape index (κ2) is 1.47. The van der Waals surface area contributed by atoms with Gasteiger partial charge in [0.2, 0.25) is 0 Å². The van der Waals surface area contributed by atoms with E-state index in [1.54, 1.807) is 18.2 Å². The average Bonchev–Trinajstić information content (AvgIpc) is 1.72. The summed E-state index contributed by atoms with van der Waals surface area (Å²) in [6, 6.07) is 13.5. The molecule has 0 atom stereocenters. The quantitative estimate of drug-likeness (QED) is 0.433. The lowest BCUT2D eigenvalue weighted by atomic mass is 10.4. The first-order chi connectivity index (χ1) is 3.00. The minimum Gasteiger partial charge on any atom is -0.0702 e. The largest absolute Gasteiger partial charge is 0.0702 e. The highest BCUT2D eigenvalue weighted by molar-refractivity contribution is 4.87. The van der Waals surface area contributed by atoms with Crippen LogP contribution in [0.15, 0.2) is 18.2 Å². The van der Waals surface area contributed by atoms with Crippen LogP contribution in [0.2, 0.25) is 0 Å². The molecule has 0 saturated carbocycles. The molecule has 0 aliphatic heterocycles. The van der Waals surface area contributed by atoms with Gasteiger partial charge in [0, 0.05) is 0 Å². The molecule has 0 amide bonds. The highest BCUT2D eigenvalue weighted by Gasteiger charge is 1.54. The van der Waals surface area contributed by atoms with Gasteiger partial charge in [-0.3, -0.25) is 0 Å². The van der Waals surface area contributed by atoms with Gasteiger partial charge in [0.25, 0.3) is 0 Å². The van der Waals surface area contributed by atoms with Crippen molar-refractivity contribution in [1.82, 2.24) is 0 Å². The standard InChI is InChI=1S/C6H3/c1-2-4-6-5-3-1/h1-2,5H. The summed E-state index contributed by atoms with van der Waals surface area (Å²) in [5.74, 6) is 0. The molecule has 0 aromatic heterocycles. The van der Waals surface area contributed by atoms with Gasteiger partial charge in [0.1, 0.15) is 0 Å². The lowest BCUT2D eigenvalue weighted by molar-refractivity contribution is 1.74. The first kappa shape index (κ1) is 3.24. The van der Waals surface area contributed by atoms with E-state index in [9.17, 15) is 0 Å². The maximum atomic E-state index is 2.81. The van der Waals surface area contributed by atoms with Crippen molar-refractivity contribution in [2.45, 2.75) is 0 Å². The molecule has 0 bridgehead atoms. The normalized spacial score (nSPS) is 6.67. The molecule has 1 aromatic carbocycles. The van der Waals surface area contributed by atoms with Crippen molar-refractivity contribution in [3.63, 3.8) is 0 Å². The van der Waals surface area contributed by atoms with Gasteiger partial charge in [-0.2, -0.15) is 0 Å². The maximum Gasteiger partial charge on any atom is -0.00363 e. The van der Waals surface area contributed by atoms with Gasteiger partial charge in [-0.25, -0.2) is 0 Å². The minimum absolute atomic E-state index is 1.69. The smallest absolute Gasteiger partial charge is 0.00363 e. The Hall–Kier alpha value is -0.960. The summed E-state index contributed by atoms with van der Waals surface area (Å²) in [5, 5.41) is 0. The summed E-state index contributed by atoms with van der Waals surface area (Å²) in [6.07, 6.45) is 0. The molecule has 0 N–H and O–H groups in total. The SMILES string of the molecule is c1c[c]ccc#1. The molecule has 27 valence electrons. The molecule has 0 nitrogen and oxygen atoms in total. The van der Waals surface area contributed by atoms with Crippen molar-refractivity contribution in [2.24, 2.45) is 0 Å². The zero-order valence-electron chi connectivity index (χ0n) is 3.23. The zero-order valence-corrected chi connectivity index (χ0v) is 3.23. The van der Waals surface area contributed by atoms with Crippen LogP contribution >= 0.6 is 0 Å². The second-order valence-electron chi connectivity index (χ2n) is 0.933. The molecule has 0 saturated heterocycles. The Labute approximate surface area is 37.4 Å². The first-order valence-corrected chi connectivity index (χ1v) is 1.74. The van der Waals surface area contributed by atoms with Crippen LogP contribution in [-0.2, 0) is 0 Å². The van der Waals surface area contributed by atoms with Crippen molar-refractivity contribution < 1.29 is 0 Å². The first-order valence-electron chi connectivity index (χ1n) is 1.74. The summed E-state index contributed by atoms with van der Waals surface area (Å²) in [6.45, 7) is 0. The van der Waals surface area contributed by atoms with Crippen LogP contribution in [0.4, 0.5) is 0 Å². The number of rotatable bonds is 0. The van der Waals surface area contributed by atoms with Gasteiger partial charge in [0.05, 0.1) is 0 Å². The molecule has 0 heterocycles. The Morgan fingerprint density at radius 2 is 2.00 bits per heavy atom. The van der Waals surface area contributed by atoms with Gasteiger partial charge in [-0.15, -0.1) is 0 Å². The van der Waals surface area contributed by atoms with E-state index >= 15 is 0 Å². The van der Waals surface area contributed by atoms with E-state index in [1.807, 2.05) is 0 Å². The lowest BCUT2D eigenvalue weighted by Crippen LogP contribution is -1.44. The highest BCUT2D eigenvalue weighted by atomic mass is 13.6. The van der Waals surface area contributed by atoms with Gasteiger partial charge in [-0.05, 0) is 24.3 Å². The van der Waals surface area contributed by atoms with E-state index < -0.39 is 0 Å². The third-order valence-corrected chi connectivity index (χ3v) is 0.502. The highest BCUT2D eigenvalue weighted by Crippen LogP contribution is 1.69. The molecule has 0 spiro atoms. The van der Waals surface area contributed by atoms with Crippen LogP contribution in [0, 0.1) is 18.2 Å². The molecule has 1 aromatic rings. The molecule has 1 rings (SSSR count). The molecule has 0 fully saturated rings. The van der Waals surface area contributed by atoms with Crippen molar-refractivity contribution in [2.75, 3.05) is 0 Å². The van der Waals surface area contributed by atoms with E-state index in [1.165, 1.54) is 0 Å². The predicted molar refractivity (Wildman–Crippen MR) is 22.9 cm³/mol. The van der Waals surface area contributed by atoms with Gasteiger partial charge >= 0.3 is 0 Å². The second-order valence-corrected chi connectivity index (χ2v) is 0.933. The van der Waals surface area contributed by atoms with Crippen molar-refractivity contribution >= 4 is 0 Å². The van der Waals surface area contributed by atoms with Crippen LogP contribution in [-0.4, -0.2) is 0 Å². The summed E-state index contributed by atoms with van der Waals surface area (Å²) >= 11 is 0. The summed E-state index contributed by atoms with van der Waals surface area (Å²) in [7, 11) is 0. The minimum atomic E-state index is 1.69. The summed E-state index contributed by atoms with van der Waals surface area (Å²) in [4.78, 5) is 0. The van der Waals surface area contributed by atoms with Crippen LogP contribution in [0.25, 0.3) is 0 Å². The Kier molecular flexibility index (Phi) is 0.793. The zero-order chi connectivity index (χ0) is 4.24. The predicted octanol–water partition coefficient (Wildman–Crippen LogP) is 1.09. The Morgan fingerprint density at radius 3 is 2.17 bits per heavy atom. The summed E-state index contributed by atoms with van der Waals surface area (Å²) < 4.78 is 0. The van der Waals surface area contributed by atoms with E-state index in [-0.39, 0.29) is 0 Å². The molecule has 0 aliphatic carbocycles. The molecule has 0 heteroatoms. The molecular formula is C6H3. The van der Waals surface area contributed by atoms with Crippen molar-refractivity contribution in [3.05, 3.63) is 36.4 Å². The Bertz CT molecular complexity index is 72.0. The van der Waals surface area contributed by atoms with E-state index in [0.717, 1.165) is 0 Å². The molecule has 0 aliphatic rings. The maximum absolute atomic E-state index is 2.81. The van der Waals surface area contributed by atoms with Crippen molar-refractivity contribution in [1.29, 1.82) is 0 Å². The topological polar surface area (TPSA) is 0 Å². The van der Waals surface area contributed by atoms with Crippen LogP contribution in [0.5, 0.6) is 0 Å². The molecule has 6 heavy (non-hydrogen) atoms. The fourth-order valence-corrected chi connectivity index (χ4v) is 0.269. The van der Waals surface area contributed by atoms with Crippen LogP contribution in [0.3, 0.4) is 0 Å². The summed E-state index contributed by atoms with van der Waals surface area (Å²) in [5.41, 5.74) is 0. The van der Waals surface area contributed by atoms with Crippen LogP contribution in [0.1, 0.15) is 0 Å². The van der Waals surface area contributed by atoms with Crippen molar-refractivity contribution in [3.8, 4) is 0 Å². The van der Waals surface area contributed by atoms with E-state index in [2.05, 4.69) is 18.2 Å². The number of hydrogen-bond acceptors (Lipinski definition) is 0. The fraction of sp³-hybridized carbons (Fsp3) is 0. The van der Waals surface area contributed by atoms with Gasteiger partial charge < -0.3 is 0 Å².